The predicted octanol–water partition coefficient (Wildman–Crippen LogP) is 5.09. The van der Waals surface area contributed by atoms with Gasteiger partial charge in [-0.2, -0.15) is 0 Å². The van der Waals surface area contributed by atoms with Gasteiger partial charge in [0.1, 0.15) is 17.4 Å². The number of benzene rings is 1. The van der Waals surface area contributed by atoms with E-state index < -0.39 is 0 Å². The summed E-state index contributed by atoms with van der Waals surface area (Å²) < 4.78 is 6.39. The Morgan fingerprint density at radius 3 is 2.73 bits per heavy atom. The second-order valence-electron chi connectivity index (χ2n) is 7.09. The number of carbonyl (C=O) groups excluding carboxylic acids is 1. The van der Waals surface area contributed by atoms with Crippen LogP contribution in [0.25, 0.3) is 0 Å². The average molecular weight is 464 g/mol. The third kappa shape index (κ3) is 4.37. The number of halogens is 1. The first kappa shape index (κ1) is 19.1. The SMILES string of the molecule is COc1ccc(CNc2cc(C)c(I)c(C3CC(=O)CCC3C)n2)cc1. The first-order valence-corrected chi connectivity index (χ1v) is 10.1. The predicted molar refractivity (Wildman–Crippen MR) is 113 cm³/mol. The Balaban J connectivity index is 1.79. The smallest absolute Gasteiger partial charge is 0.133 e. The number of ether oxygens (including phenoxy) is 1. The number of methoxy groups -OCH3 is 1. The summed E-state index contributed by atoms with van der Waals surface area (Å²) in [7, 11) is 1.67. The van der Waals surface area contributed by atoms with E-state index in [9.17, 15) is 4.79 Å². The van der Waals surface area contributed by atoms with Crippen LogP contribution in [0.5, 0.6) is 5.75 Å². The summed E-state index contributed by atoms with van der Waals surface area (Å²) in [5, 5.41) is 3.43. The number of ketones is 1. The van der Waals surface area contributed by atoms with Crippen molar-refractivity contribution < 1.29 is 9.53 Å². The van der Waals surface area contributed by atoms with Crippen LogP contribution in [0, 0.1) is 16.4 Å². The van der Waals surface area contributed by atoms with Crippen LogP contribution in [-0.4, -0.2) is 17.9 Å². The van der Waals surface area contributed by atoms with Crippen LogP contribution >= 0.6 is 22.6 Å². The molecule has 1 saturated carbocycles. The van der Waals surface area contributed by atoms with E-state index in [1.54, 1.807) is 7.11 Å². The lowest BCUT2D eigenvalue weighted by Gasteiger charge is -2.29. The molecule has 0 radical (unpaired) electrons. The van der Waals surface area contributed by atoms with Crippen molar-refractivity contribution in [2.24, 2.45) is 5.92 Å². The number of nitrogens with zero attached hydrogens (tertiary/aromatic N) is 1. The first-order valence-electron chi connectivity index (χ1n) is 9.03. The zero-order chi connectivity index (χ0) is 18.7. The Labute approximate surface area is 168 Å². The summed E-state index contributed by atoms with van der Waals surface area (Å²) in [5.41, 5.74) is 3.45. The van der Waals surface area contributed by atoms with Crippen molar-refractivity contribution in [3.63, 3.8) is 0 Å². The Hall–Kier alpha value is -1.63. The third-order valence-corrected chi connectivity index (χ3v) is 6.57. The molecule has 2 unspecified atom stereocenters. The molecule has 0 spiro atoms. The van der Waals surface area contributed by atoms with Crippen molar-refractivity contribution >= 4 is 34.2 Å². The standard InChI is InChI=1S/C21H25IN2O2/c1-13-4-7-16(25)11-18(13)21-20(22)14(2)10-19(24-21)23-12-15-5-8-17(26-3)9-6-15/h5-6,8-10,13,18H,4,7,11-12H2,1-3H3,(H,23,24). The number of pyridine rings is 1. The van der Waals surface area contributed by atoms with E-state index in [-0.39, 0.29) is 5.92 Å². The minimum Gasteiger partial charge on any atom is -0.497 e. The average Bonchev–Trinajstić information content (AvgIpc) is 2.65. The Bertz CT molecular complexity index is 789. The molecule has 0 amide bonds. The van der Waals surface area contributed by atoms with E-state index in [2.05, 4.69) is 47.8 Å². The molecule has 4 nitrogen and oxygen atoms in total. The van der Waals surface area contributed by atoms with Crippen molar-refractivity contribution in [1.82, 2.24) is 4.98 Å². The highest BCUT2D eigenvalue weighted by molar-refractivity contribution is 14.1. The van der Waals surface area contributed by atoms with Gasteiger partial charge in [-0.05, 0) is 71.2 Å². The quantitative estimate of drug-likeness (QED) is 0.627. The molecule has 2 atom stereocenters. The molecular formula is C21H25IN2O2. The van der Waals surface area contributed by atoms with E-state index in [0.29, 0.717) is 31.1 Å². The Morgan fingerprint density at radius 1 is 1.31 bits per heavy atom. The lowest BCUT2D eigenvalue weighted by molar-refractivity contribution is -0.121. The van der Waals surface area contributed by atoms with Gasteiger partial charge in [-0.3, -0.25) is 4.79 Å². The molecule has 0 aliphatic heterocycles. The van der Waals surface area contributed by atoms with Crippen LogP contribution in [0.3, 0.4) is 0 Å². The maximum absolute atomic E-state index is 12.0. The highest BCUT2D eigenvalue weighted by atomic mass is 127. The van der Waals surface area contributed by atoms with Gasteiger partial charge in [0, 0.05) is 28.9 Å². The molecule has 0 saturated heterocycles. The molecule has 1 N–H and O–H groups in total. The number of hydrogen-bond donors (Lipinski definition) is 1. The van der Waals surface area contributed by atoms with E-state index in [0.717, 1.165) is 23.7 Å². The summed E-state index contributed by atoms with van der Waals surface area (Å²) in [4.78, 5) is 16.9. The second kappa shape index (κ2) is 8.37. The number of aromatic nitrogens is 1. The molecule has 1 heterocycles. The highest BCUT2D eigenvalue weighted by Crippen LogP contribution is 2.38. The number of anilines is 1. The monoisotopic (exact) mass is 464 g/mol. The summed E-state index contributed by atoms with van der Waals surface area (Å²) in [6.45, 7) is 5.05. The second-order valence-corrected chi connectivity index (χ2v) is 8.17. The van der Waals surface area contributed by atoms with Gasteiger partial charge in [0.25, 0.3) is 0 Å². The van der Waals surface area contributed by atoms with Gasteiger partial charge in [0.15, 0.2) is 0 Å². The maximum atomic E-state index is 12.0. The molecule has 5 heteroatoms. The van der Waals surface area contributed by atoms with Gasteiger partial charge in [0.05, 0.1) is 12.8 Å². The molecule has 1 aliphatic rings. The van der Waals surface area contributed by atoms with Crippen molar-refractivity contribution in [3.8, 4) is 5.75 Å². The van der Waals surface area contributed by atoms with E-state index in [4.69, 9.17) is 9.72 Å². The van der Waals surface area contributed by atoms with Crippen molar-refractivity contribution in [2.45, 2.75) is 45.6 Å². The van der Waals surface area contributed by atoms with Gasteiger partial charge >= 0.3 is 0 Å². The molecule has 1 aromatic carbocycles. The number of hydrogen-bond acceptors (Lipinski definition) is 4. The zero-order valence-electron chi connectivity index (χ0n) is 15.5. The minimum absolute atomic E-state index is 0.226. The molecule has 26 heavy (non-hydrogen) atoms. The van der Waals surface area contributed by atoms with E-state index >= 15 is 0 Å². The van der Waals surface area contributed by atoms with Crippen LogP contribution in [0.1, 0.15) is 48.9 Å². The van der Waals surface area contributed by atoms with E-state index in [1.165, 1.54) is 14.7 Å². The maximum Gasteiger partial charge on any atom is 0.133 e. The first-order chi connectivity index (χ1) is 12.5. The van der Waals surface area contributed by atoms with Crippen LogP contribution in [0.2, 0.25) is 0 Å². The molecule has 0 bridgehead atoms. The van der Waals surface area contributed by atoms with Gasteiger partial charge in [0.2, 0.25) is 0 Å². The van der Waals surface area contributed by atoms with Crippen LogP contribution < -0.4 is 10.1 Å². The van der Waals surface area contributed by atoms with Gasteiger partial charge in [-0.25, -0.2) is 4.98 Å². The van der Waals surface area contributed by atoms with Crippen molar-refractivity contribution in [2.75, 3.05) is 12.4 Å². The third-order valence-electron chi connectivity index (χ3n) is 5.16. The molecule has 1 fully saturated rings. The normalized spacial score (nSPS) is 20.1. The molecule has 2 aromatic rings. The van der Waals surface area contributed by atoms with E-state index in [1.807, 2.05) is 24.3 Å². The summed E-state index contributed by atoms with van der Waals surface area (Å²) >= 11 is 2.37. The zero-order valence-corrected chi connectivity index (χ0v) is 17.7. The van der Waals surface area contributed by atoms with Gasteiger partial charge in [-0.1, -0.05) is 19.1 Å². The number of nitrogens with one attached hydrogen (secondary N) is 1. The Morgan fingerprint density at radius 2 is 2.04 bits per heavy atom. The number of aryl methyl sites for hydroxylation is 1. The Kier molecular flexibility index (Phi) is 6.16. The van der Waals surface area contributed by atoms with Crippen LogP contribution in [-0.2, 0) is 11.3 Å². The summed E-state index contributed by atoms with van der Waals surface area (Å²) in [6, 6.07) is 10.1. The fourth-order valence-electron chi connectivity index (χ4n) is 3.46. The highest BCUT2D eigenvalue weighted by Gasteiger charge is 2.30. The molecule has 1 aromatic heterocycles. The lowest BCUT2D eigenvalue weighted by Crippen LogP contribution is -2.23. The van der Waals surface area contributed by atoms with Crippen molar-refractivity contribution in [3.05, 3.63) is 50.7 Å². The molecule has 138 valence electrons. The number of Topliss-reactive ketones (excluding diaryl/α,β-unsaturated/α-hetero) is 1. The number of rotatable bonds is 5. The largest absolute Gasteiger partial charge is 0.497 e. The topological polar surface area (TPSA) is 51.2 Å². The lowest BCUT2D eigenvalue weighted by atomic mass is 9.77. The van der Waals surface area contributed by atoms with Crippen LogP contribution in [0.15, 0.2) is 30.3 Å². The van der Waals surface area contributed by atoms with Gasteiger partial charge < -0.3 is 10.1 Å². The fourth-order valence-corrected chi connectivity index (χ4v) is 4.13. The summed E-state index contributed by atoms with van der Waals surface area (Å²) in [6.07, 6.45) is 2.29. The summed E-state index contributed by atoms with van der Waals surface area (Å²) in [5.74, 6) is 2.81. The van der Waals surface area contributed by atoms with Crippen molar-refractivity contribution in [1.29, 1.82) is 0 Å². The number of carbonyl (C=O) groups is 1. The fraction of sp³-hybridized carbons (Fsp3) is 0.429. The molecule has 1 aliphatic carbocycles. The van der Waals surface area contributed by atoms with Gasteiger partial charge in [-0.15, -0.1) is 0 Å². The minimum atomic E-state index is 0.226. The molecular weight excluding hydrogens is 439 g/mol. The van der Waals surface area contributed by atoms with Crippen LogP contribution in [0.4, 0.5) is 5.82 Å². The molecule has 3 rings (SSSR count).